The number of ether oxygens (including phenoxy) is 4. The van der Waals surface area contributed by atoms with Crippen molar-refractivity contribution in [3.05, 3.63) is 58.9 Å². The van der Waals surface area contributed by atoms with Crippen LogP contribution < -0.4 is 24.3 Å². The van der Waals surface area contributed by atoms with E-state index in [9.17, 15) is 4.79 Å². The van der Waals surface area contributed by atoms with Crippen LogP contribution in [0.5, 0.6) is 23.0 Å². The van der Waals surface area contributed by atoms with Gasteiger partial charge in [-0.05, 0) is 70.7 Å². The molecule has 0 radical (unpaired) electrons. The number of carbonyl (C=O) groups excluding carboxylic acids is 1. The summed E-state index contributed by atoms with van der Waals surface area (Å²) >= 11 is 0. The summed E-state index contributed by atoms with van der Waals surface area (Å²) in [5.41, 5.74) is 5.71. The molecule has 9 heteroatoms. The summed E-state index contributed by atoms with van der Waals surface area (Å²) in [7, 11) is 6.36. The van der Waals surface area contributed by atoms with Crippen molar-refractivity contribution in [2.75, 3.05) is 33.8 Å². The van der Waals surface area contributed by atoms with Crippen LogP contribution in [0.2, 0.25) is 0 Å². The predicted molar refractivity (Wildman–Crippen MR) is 129 cm³/mol. The Morgan fingerprint density at radius 1 is 1.00 bits per heavy atom. The lowest BCUT2D eigenvalue weighted by atomic mass is 10.00. The molecule has 1 aliphatic carbocycles. The van der Waals surface area contributed by atoms with E-state index in [0.717, 1.165) is 33.4 Å². The topological polar surface area (TPSA) is 108 Å². The minimum Gasteiger partial charge on any atom is -0.497 e. The number of nitrogens with zero attached hydrogens (tertiary/aromatic N) is 2. The fraction of sp³-hybridized carbons (Fsp3) is 0.240. The van der Waals surface area contributed by atoms with Crippen molar-refractivity contribution in [3.63, 3.8) is 0 Å². The lowest BCUT2D eigenvalue weighted by Gasteiger charge is -2.13. The van der Waals surface area contributed by atoms with Crippen LogP contribution in [0.1, 0.15) is 30.0 Å². The molecular weight excluding hydrogens is 436 g/mol. The fourth-order valence-electron chi connectivity index (χ4n) is 4.07. The van der Waals surface area contributed by atoms with Crippen molar-refractivity contribution < 1.29 is 23.7 Å². The molecule has 0 spiro atoms. The number of H-pyrrole nitrogens is 1. The number of rotatable bonds is 8. The Labute approximate surface area is 197 Å². The Morgan fingerprint density at radius 3 is 2.32 bits per heavy atom. The molecule has 0 unspecified atom stereocenters. The monoisotopic (exact) mass is 462 g/mol. The Hall–Kier alpha value is -4.27. The maximum Gasteiger partial charge on any atom is 0.248 e. The van der Waals surface area contributed by atoms with Crippen LogP contribution >= 0.6 is 0 Å². The summed E-state index contributed by atoms with van der Waals surface area (Å²) in [6.07, 6.45) is 3.62. The third kappa shape index (κ3) is 4.32. The molecule has 176 valence electrons. The number of methoxy groups -OCH3 is 4. The molecule has 2 aromatic carbocycles. The van der Waals surface area contributed by atoms with Crippen LogP contribution in [-0.4, -0.2) is 49.5 Å². The number of anilines is 1. The first kappa shape index (κ1) is 22.9. The van der Waals surface area contributed by atoms with E-state index < -0.39 is 0 Å². The molecule has 0 fully saturated rings. The number of allylic oxidation sites excluding steroid dienone is 2. The molecule has 0 saturated heterocycles. The Morgan fingerprint density at radius 2 is 1.74 bits per heavy atom. The minimum atomic E-state index is -0.211. The van der Waals surface area contributed by atoms with Crippen molar-refractivity contribution in [1.82, 2.24) is 15.2 Å². The molecule has 0 aliphatic heterocycles. The first-order chi connectivity index (χ1) is 16.5. The number of hydrogen-bond donors (Lipinski definition) is 2. The first-order valence-electron chi connectivity index (χ1n) is 10.5. The summed E-state index contributed by atoms with van der Waals surface area (Å²) in [6.45, 7) is 2.01. The van der Waals surface area contributed by atoms with E-state index in [4.69, 9.17) is 18.9 Å². The Kier molecular flexibility index (Phi) is 6.53. The zero-order valence-electron chi connectivity index (χ0n) is 19.7. The van der Waals surface area contributed by atoms with Crippen molar-refractivity contribution >= 4 is 29.1 Å². The summed E-state index contributed by atoms with van der Waals surface area (Å²) in [4.78, 5) is 16.7. The zero-order valence-corrected chi connectivity index (χ0v) is 19.7. The number of benzene rings is 2. The van der Waals surface area contributed by atoms with Gasteiger partial charge in [-0.3, -0.25) is 15.2 Å². The van der Waals surface area contributed by atoms with Crippen LogP contribution in [0, 0.1) is 0 Å². The van der Waals surface area contributed by atoms with Gasteiger partial charge in [0.15, 0.2) is 11.5 Å². The SMILES string of the molecule is COc1ccc2c(c1)C(CC(=O)Nc1nc[nH]n1)=C(C)C2=Cc1cc(OC)c(OC)c(OC)c1. The van der Waals surface area contributed by atoms with E-state index >= 15 is 0 Å². The van der Waals surface area contributed by atoms with Gasteiger partial charge in [-0.1, -0.05) is 6.07 Å². The van der Waals surface area contributed by atoms with E-state index in [1.165, 1.54) is 6.33 Å². The number of amides is 1. The van der Waals surface area contributed by atoms with Crippen LogP contribution in [0.3, 0.4) is 0 Å². The van der Waals surface area contributed by atoms with Crippen LogP contribution in [0.4, 0.5) is 5.95 Å². The number of fused-ring (bicyclic) bond motifs is 1. The second kappa shape index (κ2) is 9.70. The molecule has 3 aromatic rings. The average molecular weight is 463 g/mol. The van der Waals surface area contributed by atoms with Gasteiger partial charge in [0.25, 0.3) is 0 Å². The predicted octanol–water partition coefficient (Wildman–Crippen LogP) is 4.20. The molecule has 1 aliphatic rings. The fourth-order valence-corrected chi connectivity index (χ4v) is 4.07. The van der Waals surface area contributed by atoms with Crippen LogP contribution in [0.15, 0.2) is 42.2 Å². The molecule has 4 rings (SSSR count). The van der Waals surface area contributed by atoms with Crippen LogP contribution in [0.25, 0.3) is 17.2 Å². The average Bonchev–Trinajstić information content (AvgIpc) is 3.45. The second-order valence-corrected chi connectivity index (χ2v) is 7.58. The van der Waals surface area contributed by atoms with Gasteiger partial charge in [0.05, 0.1) is 34.9 Å². The number of hydrogen-bond acceptors (Lipinski definition) is 7. The van der Waals surface area contributed by atoms with Gasteiger partial charge in [-0.15, -0.1) is 5.10 Å². The first-order valence-corrected chi connectivity index (χ1v) is 10.5. The molecular formula is C25H26N4O5. The van der Waals surface area contributed by atoms with E-state index in [0.29, 0.717) is 23.0 Å². The Balaban J connectivity index is 1.78. The maximum absolute atomic E-state index is 12.7. The molecule has 34 heavy (non-hydrogen) atoms. The molecule has 0 bridgehead atoms. The summed E-state index contributed by atoms with van der Waals surface area (Å²) in [6, 6.07) is 9.63. The highest BCUT2D eigenvalue weighted by Crippen LogP contribution is 2.46. The molecule has 1 aromatic heterocycles. The lowest BCUT2D eigenvalue weighted by molar-refractivity contribution is -0.115. The van der Waals surface area contributed by atoms with Gasteiger partial charge in [-0.25, -0.2) is 4.98 Å². The van der Waals surface area contributed by atoms with E-state index in [1.54, 1.807) is 28.4 Å². The summed E-state index contributed by atoms with van der Waals surface area (Å²) < 4.78 is 21.9. The smallest absolute Gasteiger partial charge is 0.248 e. The van der Waals surface area contributed by atoms with Gasteiger partial charge < -0.3 is 18.9 Å². The number of carbonyl (C=O) groups is 1. The minimum absolute atomic E-state index is 0.160. The van der Waals surface area contributed by atoms with E-state index in [2.05, 4.69) is 20.5 Å². The number of aromatic nitrogens is 3. The zero-order chi connectivity index (χ0) is 24.2. The molecule has 2 N–H and O–H groups in total. The van der Waals surface area contributed by atoms with Crippen LogP contribution in [-0.2, 0) is 4.79 Å². The van der Waals surface area contributed by atoms with Crippen molar-refractivity contribution in [2.24, 2.45) is 0 Å². The molecule has 0 saturated carbocycles. The van der Waals surface area contributed by atoms with Gasteiger partial charge in [-0.2, -0.15) is 0 Å². The van der Waals surface area contributed by atoms with Crippen molar-refractivity contribution in [3.8, 4) is 23.0 Å². The highest BCUT2D eigenvalue weighted by molar-refractivity contribution is 6.09. The quantitative estimate of drug-likeness (QED) is 0.517. The number of aromatic amines is 1. The van der Waals surface area contributed by atoms with Crippen molar-refractivity contribution in [2.45, 2.75) is 13.3 Å². The Bertz CT molecular complexity index is 1250. The summed E-state index contributed by atoms with van der Waals surface area (Å²) in [5.74, 6) is 2.40. The largest absolute Gasteiger partial charge is 0.497 e. The van der Waals surface area contributed by atoms with E-state index in [-0.39, 0.29) is 18.3 Å². The van der Waals surface area contributed by atoms with Gasteiger partial charge >= 0.3 is 0 Å². The highest BCUT2D eigenvalue weighted by atomic mass is 16.5. The third-order valence-corrected chi connectivity index (χ3v) is 5.70. The van der Waals surface area contributed by atoms with Crippen molar-refractivity contribution in [1.29, 1.82) is 0 Å². The highest BCUT2D eigenvalue weighted by Gasteiger charge is 2.26. The molecule has 0 atom stereocenters. The van der Waals surface area contributed by atoms with Gasteiger partial charge in [0, 0.05) is 0 Å². The third-order valence-electron chi connectivity index (χ3n) is 5.70. The second-order valence-electron chi connectivity index (χ2n) is 7.58. The maximum atomic E-state index is 12.7. The molecule has 1 heterocycles. The molecule has 1 amide bonds. The normalized spacial score (nSPS) is 13.6. The lowest BCUT2D eigenvalue weighted by Crippen LogP contribution is -2.13. The standard InChI is InChI=1S/C25H26N4O5/c1-14-18(8-15-9-21(32-3)24(34-5)22(10-15)33-4)17-7-6-16(31-2)11-20(17)19(14)12-23(30)28-25-26-13-27-29-25/h6-11,13H,12H2,1-5H3,(H2,26,27,28,29,30). The number of nitrogens with one attached hydrogen (secondary N) is 2. The summed E-state index contributed by atoms with van der Waals surface area (Å²) in [5, 5.41) is 9.19. The van der Waals surface area contributed by atoms with Gasteiger partial charge in [0.1, 0.15) is 12.1 Å². The van der Waals surface area contributed by atoms with Gasteiger partial charge in [0.2, 0.25) is 17.6 Å². The van der Waals surface area contributed by atoms with E-state index in [1.807, 2.05) is 43.3 Å². The molecule has 9 nitrogen and oxygen atoms in total.